The van der Waals surface area contributed by atoms with Crippen LogP contribution in [0.2, 0.25) is 0 Å². The van der Waals surface area contributed by atoms with Gasteiger partial charge in [0.15, 0.2) is 0 Å². The van der Waals surface area contributed by atoms with E-state index in [2.05, 4.69) is 26.2 Å². The maximum absolute atomic E-state index is 13.6. The Bertz CT molecular complexity index is 1580. The van der Waals surface area contributed by atoms with Crippen LogP contribution in [0.1, 0.15) is 20.0 Å². The zero-order valence-corrected chi connectivity index (χ0v) is 28.0. The first-order valence-corrected chi connectivity index (χ1v) is 15.3. The molecular weight excluding hydrogens is 641 g/mol. The van der Waals surface area contributed by atoms with Gasteiger partial charge in [-0.1, -0.05) is 23.9 Å². The number of carboxylic acid groups (broad SMARTS) is 1. The van der Waals surface area contributed by atoms with E-state index >= 15 is 0 Å². The number of benzene rings is 1. The summed E-state index contributed by atoms with van der Waals surface area (Å²) in [7, 11) is 1.64. The number of imide groups is 1. The summed E-state index contributed by atoms with van der Waals surface area (Å²) in [6, 6.07) is 1.84. The Morgan fingerprint density at radius 1 is 1.16 bits per heavy atom. The predicted molar refractivity (Wildman–Crippen MR) is 154 cm³/mol. The second kappa shape index (κ2) is 14.2. The van der Waals surface area contributed by atoms with Gasteiger partial charge >= 0.3 is 53.4 Å². The fourth-order valence-corrected chi connectivity index (χ4v) is 7.20. The zero-order valence-electron chi connectivity index (χ0n) is 25.4. The van der Waals surface area contributed by atoms with Gasteiger partial charge < -0.3 is 27.2 Å². The summed E-state index contributed by atoms with van der Waals surface area (Å²) >= 11 is 2.49. The van der Waals surface area contributed by atoms with E-state index in [-0.39, 0.29) is 72.6 Å². The number of tetrazole rings is 1. The van der Waals surface area contributed by atoms with Gasteiger partial charge in [0, 0.05) is 38.2 Å². The van der Waals surface area contributed by atoms with Gasteiger partial charge in [-0.3, -0.25) is 29.0 Å². The Balaban J connectivity index is 0.00000288. The molecular formula is C25H28N9NaO8S2. The number of rotatable bonds is 9. The number of carboxylic acids is 1. The number of aromatic nitrogens is 4. The topological polar surface area (TPSA) is 220 Å². The number of fused-ring (bicyclic) bond motifs is 1. The smallest absolute Gasteiger partial charge is 1.00 e. The molecule has 20 heteroatoms. The molecule has 0 radical (unpaired) electrons. The largest absolute Gasteiger partial charge is 1.00 e. The average molecular weight is 670 g/mol. The summed E-state index contributed by atoms with van der Waals surface area (Å²) in [6.07, 6.45) is 0. The van der Waals surface area contributed by atoms with Gasteiger partial charge in [-0.05, 0) is 40.6 Å². The van der Waals surface area contributed by atoms with Crippen LogP contribution in [0.5, 0.6) is 5.75 Å². The third-order valence-electron chi connectivity index (χ3n) is 7.20. The maximum atomic E-state index is 13.6. The van der Waals surface area contributed by atoms with Gasteiger partial charge in [0.05, 0.1) is 0 Å². The van der Waals surface area contributed by atoms with Crippen molar-refractivity contribution in [3.63, 3.8) is 0 Å². The molecule has 1 unspecified atom stereocenters. The molecule has 2 aromatic rings. The fraction of sp³-hybridized carbons (Fsp3) is 0.400. The van der Waals surface area contributed by atoms with Crippen molar-refractivity contribution < 1.29 is 70.0 Å². The van der Waals surface area contributed by atoms with Crippen LogP contribution >= 0.6 is 23.5 Å². The van der Waals surface area contributed by atoms with Crippen molar-refractivity contribution in [1.29, 1.82) is 0 Å². The molecule has 3 atom stereocenters. The molecule has 0 spiro atoms. The number of hydrogen-bond acceptors (Lipinski definition) is 12. The summed E-state index contributed by atoms with van der Waals surface area (Å²) in [6.45, 7) is 2.04. The van der Waals surface area contributed by atoms with Gasteiger partial charge in [0.2, 0.25) is 11.1 Å². The number of amides is 6. The minimum absolute atomic E-state index is 0. The summed E-state index contributed by atoms with van der Waals surface area (Å²) in [5.41, 5.74) is 0.536. The number of carbonyl (C=O) groups excluding carboxylic acids is 5. The number of β-lactam (4-membered cyclic amide) rings is 1. The molecule has 2 saturated heterocycles. The number of hydrogen-bond donors (Lipinski definition) is 4. The molecule has 0 saturated carbocycles. The van der Waals surface area contributed by atoms with Crippen LogP contribution in [-0.4, -0.2) is 123 Å². The standard InChI is InChI=1S/C25H27N9O8S2.Na.H/c1-3-32-8-9-33(21(39)20(32)38)24(42)27-15(12-4-6-14(35)7-5-12)18(36)26-16-19(37)34-17(23(40)41)13(10-43-22(16)34)11-44-25-28-29-30-31(25)2;;/h4-7,15-16,22,35H,3,8-11H2,1-2H3,(H,26,36)(H,27,42)(H,40,41);;/q;+1;-1/t15?,16-,22-;;/m1../s1. The first-order valence-electron chi connectivity index (χ1n) is 13.3. The zero-order chi connectivity index (χ0) is 31.7. The van der Waals surface area contributed by atoms with Gasteiger partial charge in [0.25, 0.3) is 5.91 Å². The molecule has 6 amide bonds. The van der Waals surface area contributed by atoms with Gasteiger partial charge in [-0.25, -0.2) is 14.3 Å². The number of aryl methyl sites for hydroxylation is 1. The van der Waals surface area contributed by atoms with Crippen molar-refractivity contribution in [2.45, 2.75) is 29.5 Å². The summed E-state index contributed by atoms with van der Waals surface area (Å²) in [5, 5.41) is 35.6. The van der Waals surface area contributed by atoms with Crippen LogP contribution < -0.4 is 40.2 Å². The second-order valence-electron chi connectivity index (χ2n) is 9.84. The number of phenols is 1. The van der Waals surface area contributed by atoms with Crippen molar-refractivity contribution >= 4 is 59.2 Å². The number of thioether (sulfide) groups is 2. The van der Waals surface area contributed by atoms with E-state index in [4.69, 9.17) is 0 Å². The number of urea groups is 1. The molecule has 3 aliphatic heterocycles. The molecule has 4 N–H and O–H groups in total. The van der Waals surface area contributed by atoms with Gasteiger partial charge in [0.1, 0.15) is 28.9 Å². The number of aromatic hydroxyl groups is 1. The van der Waals surface area contributed by atoms with E-state index in [1.807, 2.05) is 0 Å². The Hall–Kier alpha value is -3.65. The molecule has 17 nitrogen and oxygen atoms in total. The van der Waals surface area contributed by atoms with E-state index < -0.39 is 53.1 Å². The quantitative estimate of drug-likeness (QED) is 0.0867. The molecule has 3 aliphatic rings. The third kappa shape index (κ3) is 6.81. The number of carbonyl (C=O) groups is 6. The molecule has 234 valence electrons. The van der Waals surface area contributed by atoms with E-state index in [0.717, 1.165) is 4.90 Å². The van der Waals surface area contributed by atoms with Crippen LogP contribution in [0.15, 0.2) is 40.7 Å². The Kier molecular flexibility index (Phi) is 10.8. The van der Waals surface area contributed by atoms with Crippen molar-refractivity contribution in [1.82, 2.24) is 45.5 Å². The molecule has 5 rings (SSSR count). The van der Waals surface area contributed by atoms with E-state index in [1.54, 1.807) is 14.0 Å². The minimum atomic E-state index is -1.42. The van der Waals surface area contributed by atoms with Crippen molar-refractivity contribution in [2.24, 2.45) is 7.05 Å². The fourth-order valence-electron chi connectivity index (χ4n) is 4.86. The first kappa shape index (κ1) is 34.2. The van der Waals surface area contributed by atoms with Crippen LogP contribution in [0, 0.1) is 0 Å². The Morgan fingerprint density at radius 2 is 1.87 bits per heavy atom. The number of aliphatic carboxylic acids is 1. The third-order valence-corrected chi connectivity index (χ3v) is 9.63. The minimum Gasteiger partial charge on any atom is -1.00 e. The van der Waals surface area contributed by atoms with Crippen molar-refractivity contribution in [3.05, 3.63) is 41.1 Å². The van der Waals surface area contributed by atoms with Gasteiger partial charge in [-0.2, -0.15) is 0 Å². The first-order chi connectivity index (χ1) is 21.0. The Labute approximate surface area is 287 Å². The summed E-state index contributed by atoms with van der Waals surface area (Å²) in [4.78, 5) is 80.1. The van der Waals surface area contributed by atoms with Crippen LogP contribution in [0.3, 0.4) is 0 Å². The summed E-state index contributed by atoms with van der Waals surface area (Å²) in [5.74, 6) is -4.26. The van der Waals surface area contributed by atoms with E-state index in [9.17, 15) is 39.0 Å². The predicted octanol–water partition coefficient (Wildman–Crippen LogP) is -4.00. The number of nitrogens with zero attached hydrogens (tertiary/aromatic N) is 7. The average Bonchev–Trinajstić information content (AvgIpc) is 3.42. The second-order valence-corrected chi connectivity index (χ2v) is 11.9. The molecule has 0 bridgehead atoms. The normalized spacial score (nSPS) is 20.2. The van der Waals surface area contributed by atoms with Crippen molar-refractivity contribution in [3.8, 4) is 5.75 Å². The molecule has 45 heavy (non-hydrogen) atoms. The van der Waals surface area contributed by atoms with Crippen LogP contribution in [-0.2, 0) is 31.0 Å². The van der Waals surface area contributed by atoms with E-state index in [0.29, 0.717) is 22.2 Å². The molecule has 0 aliphatic carbocycles. The maximum Gasteiger partial charge on any atom is 1.00 e. The van der Waals surface area contributed by atoms with E-state index in [1.165, 1.54) is 57.4 Å². The number of likely N-dealkylation sites (N-methyl/N-ethyl adjacent to an activating group) is 1. The SMILES string of the molecule is CCN1CCN(C(=O)NC(C(=O)N[C@@H]2C(=O)N3C(C(=O)O)=C(CSc4nnnn4C)CS[C@H]23)c2ccc(O)cc2)C(=O)C1=O.[H-].[Na+]. The molecule has 1 aromatic carbocycles. The Morgan fingerprint density at radius 3 is 2.49 bits per heavy atom. The number of nitrogens with one attached hydrogen (secondary N) is 2. The molecule has 1 aromatic heterocycles. The monoisotopic (exact) mass is 669 g/mol. The van der Waals surface area contributed by atoms with Crippen molar-refractivity contribution in [2.75, 3.05) is 31.1 Å². The molecule has 4 heterocycles. The summed E-state index contributed by atoms with van der Waals surface area (Å²) < 4.78 is 1.44. The number of phenolic OH excluding ortho intramolecular Hbond substituents is 1. The number of piperazine rings is 1. The molecule has 2 fully saturated rings. The van der Waals surface area contributed by atoms with Crippen LogP contribution in [0.25, 0.3) is 0 Å². The van der Waals surface area contributed by atoms with Crippen LogP contribution in [0.4, 0.5) is 4.79 Å². The van der Waals surface area contributed by atoms with Gasteiger partial charge in [-0.15, -0.1) is 16.9 Å².